The largest absolute Gasteiger partial charge is 0.339 e. The van der Waals surface area contributed by atoms with Gasteiger partial charge in [0.05, 0.1) is 0 Å². The molecule has 0 bridgehead atoms. The van der Waals surface area contributed by atoms with Gasteiger partial charge in [-0.25, -0.2) is 0 Å². The predicted octanol–water partition coefficient (Wildman–Crippen LogP) is 2.15. The number of aromatic nitrogens is 2. The standard InChI is InChI=1S/C9H14N2O/c1-3-8-10-9(11-12-8)6(2)7-4-5-7/h6-7H,3-5H2,1-2H3. The van der Waals surface area contributed by atoms with Gasteiger partial charge in [-0.05, 0) is 18.8 Å². The summed E-state index contributed by atoms with van der Waals surface area (Å²) in [5, 5.41) is 3.96. The van der Waals surface area contributed by atoms with E-state index >= 15 is 0 Å². The molecule has 2 rings (SSSR count). The maximum Gasteiger partial charge on any atom is 0.226 e. The first-order chi connectivity index (χ1) is 5.81. The molecule has 1 saturated carbocycles. The molecule has 1 heterocycles. The summed E-state index contributed by atoms with van der Waals surface area (Å²) in [5.41, 5.74) is 0. The van der Waals surface area contributed by atoms with Crippen molar-refractivity contribution in [3.63, 3.8) is 0 Å². The van der Waals surface area contributed by atoms with Crippen LogP contribution in [0.2, 0.25) is 0 Å². The lowest BCUT2D eigenvalue weighted by Gasteiger charge is -2.00. The quantitative estimate of drug-likeness (QED) is 0.690. The molecule has 0 spiro atoms. The van der Waals surface area contributed by atoms with Crippen LogP contribution in [0, 0.1) is 5.92 Å². The van der Waals surface area contributed by atoms with Gasteiger partial charge in [0, 0.05) is 12.3 Å². The average molecular weight is 166 g/mol. The summed E-state index contributed by atoms with van der Waals surface area (Å²) in [4.78, 5) is 4.31. The van der Waals surface area contributed by atoms with E-state index in [0.29, 0.717) is 5.92 Å². The number of hydrogen-bond donors (Lipinski definition) is 0. The van der Waals surface area contributed by atoms with Gasteiger partial charge in [-0.1, -0.05) is 19.0 Å². The second-order valence-electron chi connectivity index (χ2n) is 3.53. The van der Waals surface area contributed by atoms with Gasteiger partial charge < -0.3 is 4.52 Å². The van der Waals surface area contributed by atoms with Crippen molar-refractivity contribution in [3.05, 3.63) is 11.7 Å². The third-order valence-electron chi connectivity index (χ3n) is 2.52. The Morgan fingerprint density at radius 2 is 2.33 bits per heavy atom. The van der Waals surface area contributed by atoms with Crippen LogP contribution in [0.15, 0.2) is 4.52 Å². The van der Waals surface area contributed by atoms with E-state index in [0.717, 1.165) is 24.1 Å². The molecule has 1 fully saturated rings. The Hall–Kier alpha value is -0.860. The van der Waals surface area contributed by atoms with Crippen LogP contribution in [0.4, 0.5) is 0 Å². The predicted molar refractivity (Wildman–Crippen MR) is 44.8 cm³/mol. The zero-order valence-corrected chi connectivity index (χ0v) is 7.58. The summed E-state index contributed by atoms with van der Waals surface area (Å²) in [6, 6.07) is 0. The molecule has 0 amide bonds. The molecule has 1 aromatic heterocycles. The Morgan fingerprint density at radius 3 is 2.83 bits per heavy atom. The van der Waals surface area contributed by atoms with Crippen molar-refractivity contribution in [2.75, 3.05) is 0 Å². The highest BCUT2D eigenvalue weighted by atomic mass is 16.5. The molecule has 1 aliphatic rings. The summed E-state index contributed by atoms with van der Waals surface area (Å²) in [6.45, 7) is 4.21. The van der Waals surface area contributed by atoms with E-state index < -0.39 is 0 Å². The normalized spacial score (nSPS) is 19.5. The summed E-state index contributed by atoms with van der Waals surface area (Å²) >= 11 is 0. The molecule has 1 unspecified atom stereocenters. The molecule has 3 nitrogen and oxygen atoms in total. The second kappa shape index (κ2) is 2.88. The summed E-state index contributed by atoms with van der Waals surface area (Å²) in [7, 11) is 0. The number of aryl methyl sites for hydroxylation is 1. The maximum absolute atomic E-state index is 5.05. The number of nitrogens with zero attached hydrogens (tertiary/aromatic N) is 2. The molecule has 1 aromatic rings. The van der Waals surface area contributed by atoms with Crippen LogP contribution in [0.1, 0.15) is 44.3 Å². The SMILES string of the molecule is CCc1nc(C(C)C2CC2)no1. The zero-order valence-electron chi connectivity index (χ0n) is 7.58. The van der Waals surface area contributed by atoms with Crippen molar-refractivity contribution < 1.29 is 4.52 Å². The lowest BCUT2D eigenvalue weighted by molar-refractivity contribution is 0.372. The molecular formula is C9H14N2O. The number of hydrogen-bond acceptors (Lipinski definition) is 3. The maximum atomic E-state index is 5.05. The van der Waals surface area contributed by atoms with Crippen molar-refractivity contribution in [3.8, 4) is 0 Å². The molecule has 0 saturated heterocycles. The Bertz CT molecular complexity index is 265. The molecule has 0 radical (unpaired) electrons. The fraction of sp³-hybridized carbons (Fsp3) is 0.778. The van der Waals surface area contributed by atoms with Crippen LogP contribution >= 0.6 is 0 Å². The van der Waals surface area contributed by atoms with Crippen LogP contribution < -0.4 is 0 Å². The van der Waals surface area contributed by atoms with E-state index in [2.05, 4.69) is 17.1 Å². The van der Waals surface area contributed by atoms with Crippen molar-refractivity contribution in [1.29, 1.82) is 0 Å². The van der Waals surface area contributed by atoms with Crippen molar-refractivity contribution >= 4 is 0 Å². The second-order valence-corrected chi connectivity index (χ2v) is 3.53. The molecule has 0 N–H and O–H groups in total. The summed E-state index contributed by atoms with van der Waals surface area (Å²) in [6.07, 6.45) is 3.50. The zero-order chi connectivity index (χ0) is 8.55. The smallest absolute Gasteiger partial charge is 0.226 e. The number of rotatable bonds is 3. The van der Waals surface area contributed by atoms with Gasteiger partial charge in [-0.15, -0.1) is 0 Å². The van der Waals surface area contributed by atoms with E-state index in [-0.39, 0.29) is 0 Å². The highest BCUT2D eigenvalue weighted by Gasteiger charge is 2.31. The minimum atomic E-state index is 0.494. The highest BCUT2D eigenvalue weighted by Crippen LogP contribution is 2.41. The van der Waals surface area contributed by atoms with E-state index in [1.807, 2.05) is 6.92 Å². The lowest BCUT2D eigenvalue weighted by Crippen LogP contribution is -1.98. The van der Waals surface area contributed by atoms with Gasteiger partial charge in [0.15, 0.2) is 5.82 Å². The van der Waals surface area contributed by atoms with Gasteiger partial charge in [0.25, 0.3) is 0 Å². The van der Waals surface area contributed by atoms with Crippen LogP contribution in [-0.2, 0) is 6.42 Å². The molecule has 1 aliphatic carbocycles. The third kappa shape index (κ3) is 1.36. The van der Waals surface area contributed by atoms with Gasteiger partial charge in [-0.2, -0.15) is 4.98 Å². The Kier molecular flexibility index (Phi) is 1.87. The van der Waals surface area contributed by atoms with Gasteiger partial charge in [0.1, 0.15) is 0 Å². The third-order valence-corrected chi connectivity index (χ3v) is 2.52. The molecule has 1 atom stereocenters. The van der Waals surface area contributed by atoms with Crippen molar-refractivity contribution in [1.82, 2.24) is 10.1 Å². The van der Waals surface area contributed by atoms with Gasteiger partial charge in [-0.3, -0.25) is 0 Å². The Morgan fingerprint density at radius 1 is 1.58 bits per heavy atom. The summed E-state index contributed by atoms with van der Waals surface area (Å²) < 4.78 is 5.05. The fourth-order valence-corrected chi connectivity index (χ4v) is 1.40. The van der Waals surface area contributed by atoms with E-state index in [4.69, 9.17) is 4.52 Å². The van der Waals surface area contributed by atoms with E-state index in [1.54, 1.807) is 0 Å². The van der Waals surface area contributed by atoms with Crippen LogP contribution in [-0.4, -0.2) is 10.1 Å². The average Bonchev–Trinajstić information content (AvgIpc) is 2.82. The lowest BCUT2D eigenvalue weighted by atomic mass is 10.1. The van der Waals surface area contributed by atoms with Crippen molar-refractivity contribution in [2.45, 2.75) is 39.0 Å². The van der Waals surface area contributed by atoms with Gasteiger partial charge in [0.2, 0.25) is 5.89 Å². The highest BCUT2D eigenvalue weighted by molar-refractivity contribution is 5.00. The minimum Gasteiger partial charge on any atom is -0.339 e. The molecule has 0 aliphatic heterocycles. The first kappa shape index (κ1) is 7.77. The van der Waals surface area contributed by atoms with E-state index in [1.165, 1.54) is 12.8 Å². The monoisotopic (exact) mass is 166 g/mol. The first-order valence-corrected chi connectivity index (χ1v) is 4.63. The Labute approximate surface area is 72.2 Å². The first-order valence-electron chi connectivity index (χ1n) is 4.63. The van der Waals surface area contributed by atoms with Crippen LogP contribution in [0.3, 0.4) is 0 Å². The molecule has 66 valence electrons. The topological polar surface area (TPSA) is 38.9 Å². The molecule has 12 heavy (non-hydrogen) atoms. The Balaban J connectivity index is 2.10. The van der Waals surface area contributed by atoms with E-state index in [9.17, 15) is 0 Å². The summed E-state index contributed by atoms with van der Waals surface area (Å²) in [5.74, 6) is 2.97. The van der Waals surface area contributed by atoms with Gasteiger partial charge >= 0.3 is 0 Å². The van der Waals surface area contributed by atoms with Crippen LogP contribution in [0.5, 0.6) is 0 Å². The minimum absolute atomic E-state index is 0.494. The van der Waals surface area contributed by atoms with Crippen LogP contribution in [0.25, 0.3) is 0 Å². The fourth-order valence-electron chi connectivity index (χ4n) is 1.40. The van der Waals surface area contributed by atoms with Crippen molar-refractivity contribution in [2.24, 2.45) is 5.92 Å². The molecule has 3 heteroatoms. The molecule has 0 aromatic carbocycles. The molecular weight excluding hydrogens is 152 g/mol.